The zero-order valence-corrected chi connectivity index (χ0v) is 10.9. The highest BCUT2D eigenvalue weighted by Crippen LogP contribution is 2.17. The van der Waals surface area contributed by atoms with Crippen molar-refractivity contribution in [3.05, 3.63) is 22.4 Å². The van der Waals surface area contributed by atoms with Gasteiger partial charge in [0.1, 0.15) is 0 Å². The Labute approximate surface area is 101 Å². The van der Waals surface area contributed by atoms with Gasteiger partial charge < -0.3 is 10.6 Å². The second kappa shape index (κ2) is 6.66. The predicted octanol–water partition coefficient (Wildman–Crippen LogP) is 2.31. The summed E-state index contributed by atoms with van der Waals surface area (Å²) in [6.45, 7) is 6.90. The molecule has 1 unspecified atom stereocenters. The van der Waals surface area contributed by atoms with Gasteiger partial charge in [-0.3, -0.25) is 4.79 Å². The van der Waals surface area contributed by atoms with E-state index in [1.54, 1.807) is 11.3 Å². The van der Waals surface area contributed by atoms with Crippen LogP contribution in [0.3, 0.4) is 0 Å². The molecule has 0 bridgehead atoms. The molecule has 90 valence electrons. The van der Waals surface area contributed by atoms with Gasteiger partial charge in [-0.2, -0.15) is 0 Å². The fourth-order valence-electron chi connectivity index (χ4n) is 1.40. The maximum Gasteiger partial charge on any atom is 0.221 e. The third kappa shape index (κ3) is 4.77. The molecule has 0 aliphatic rings. The normalized spacial score (nSPS) is 12.8. The van der Waals surface area contributed by atoms with Crippen LogP contribution in [0.5, 0.6) is 0 Å². The summed E-state index contributed by atoms with van der Waals surface area (Å²) >= 11 is 1.67. The number of rotatable bonds is 6. The average molecular weight is 240 g/mol. The Balaban J connectivity index is 2.24. The third-order valence-corrected chi connectivity index (χ3v) is 3.31. The van der Waals surface area contributed by atoms with Gasteiger partial charge in [0.15, 0.2) is 0 Å². The van der Waals surface area contributed by atoms with E-state index in [1.807, 2.05) is 24.4 Å². The van der Waals surface area contributed by atoms with Crippen molar-refractivity contribution in [2.45, 2.75) is 39.3 Å². The van der Waals surface area contributed by atoms with Crippen molar-refractivity contribution in [2.24, 2.45) is 0 Å². The van der Waals surface area contributed by atoms with Crippen molar-refractivity contribution < 1.29 is 4.79 Å². The topological polar surface area (TPSA) is 41.1 Å². The van der Waals surface area contributed by atoms with E-state index < -0.39 is 0 Å². The highest BCUT2D eigenvalue weighted by atomic mass is 32.1. The molecule has 0 saturated carbocycles. The van der Waals surface area contributed by atoms with Crippen molar-refractivity contribution in [1.82, 2.24) is 10.6 Å². The van der Waals surface area contributed by atoms with E-state index >= 15 is 0 Å². The molecule has 0 aromatic carbocycles. The first-order valence-corrected chi connectivity index (χ1v) is 6.53. The maximum atomic E-state index is 11.6. The lowest BCUT2D eigenvalue weighted by Gasteiger charge is -2.13. The molecule has 1 heterocycles. The van der Waals surface area contributed by atoms with E-state index in [2.05, 4.69) is 24.5 Å². The van der Waals surface area contributed by atoms with E-state index in [1.165, 1.54) is 4.88 Å². The summed E-state index contributed by atoms with van der Waals surface area (Å²) < 4.78 is 0. The predicted molar refractivity (Wildman–Crippen MR) is 68.6 cm³/mol. The Hall–Kier alpha value is -0.870. The molecule has 0 spiro atoms. The highest BCUT2D eigenvalue weighted by molar-refractivity contribution is 7.10. The number of carbonyl (C=O) groups is 1. The first kappa shape index (κ1) is 13.2. The minimum Gasteiger partial charge on any atom is -0.349 e. The number of hydrogen-bond donors (Lipinski definition) is 2. The lowest BCUT2D eigenvalue weighted by atomic mass is 10.2. The summed E-state index contributed by atoms with van der Waals surface area (Å²) in [5.74, 6) is 0.106. The molecule has 0 fully saturated rings. The van der Waals surface area contributed by atoms with Crippen molar-refractivity contribution in [2.75, 3.05) is 6.54 Å². The Morgan fingerprint density at radius 2 is 2.19 bits per heavy atom. The van der Waals surface area contributed by atoms with Gasteiger partial charge in [0.25, 0.3) is 0 Å². The van der Waals surface area contributed by atoms with Crippen LogP contribution in [0.25, 0.3) is 0 Å². The molecule has 16 heavy (non-hydrogen) atoms. The monoisotopic (exact) mass is 240 g/mol. The molecule has 0 saturated heterocycles. The minimum atomic E-state index is 0.106. The van der Waals surface area contributed by atoms with Gasteiger partial charge in [-0.25, -0.2) is 0 Å². The lowest BCUT2D eigenvalue weighted by molar-refractivity contribution is -0.121. The average Bonchev–Trinajstić information content (AvgIpc) is 2.69. The SMILES string of the molecule is CC(C)NCCC(=O)NC(C)c1cccs1. The second-order valence-electron chi connectivity index (χ2n) is 4.16. The molecule has 2 N–H and O–H groups in total. The molecular formula is C12H20N2OS. The molecule has 0 aliphatic carbocycles. The smallest absolute Gasteiger partial charge is 0.221 e. The fraction of sp³-hybridized carbons (Fsp3) is 0.583. The van der Waals surface area contributed by atoms with Gasteiger partial charge >= 0.3 is 0 Å². The number of nitrogens with one attached hydrogen (secondary N) is 2. The van der Waals surface area contributed by atoms with Crippen molar-refractivity contribution in [3.63, 3.8) is 0 Å². The highest BCUT2D eigenvalue weighted by Gasteiger charge is 2.09. The molecule has 1 amide bonds. The van der Waals surface area contributed by atoms with Crippen LogP contribution in [0.2, 0.25) is 0 Å². The van der Waals surface area contributed by atoms with E-state index in [-0.39, 0.29) is 11.9 Å². The van der Waals surface area contributed by atoms with Gasteiger partial charge in [-0.05, 0) is 18.4 Å². The first-order chi connectivity index (χ1) is 7.59. The molecule has 4 heteroatoms. The summed E-state index contributed by atoms with van der Waals surface area (Å²) in [4.78, 5) is 12.8. The number of amides is 1. The summed E-state index contributed by atoms with van der Waals surface area (Å²) in [6.07, 6.45) is 0.536. The number of thiophene rings is 1. The van der Waals surface area contributed by atoms with E-state index in [0.29, 0.717) is 12.5 Å². The van der Waals surface area contributed by atoms with Gasteiger partial charge in [-0.15, -0.1) is 11.3 Å². The number of hydrogen-bond acceptors (Lipinski definition) is 3. The maximum absolute atomic E-state index is 11.6. The van der Waals surface area contributed by atoms with Crippen LogP contribution in [0.4, 0.5) is 0 Å². The standard InChI is InChI=1S/C12H20N2OS/c1-9(2)13-7-6-12(15)14-10(3)11-5-4-8-16-11/h4-5,8-10,13H,6-7H2,1-3H3,(H,14,15). The molecule has 0 radical (unpaired) electrons. The van der Waals surface area contributed by atoms with Crippen LogP contribution in [-0.2, 0) is 4.79 Å². The Morgan fingerprint density at radius 3 is 2.75 bits per heavy atom. The van der Waals surface area contributed by atoms with Gasteiger partial charge in [0, 0.05) is 23.9 Å². The Morgan fingerprint density at radius 1 is 1.44 bits per heavy atom. The zero-order valence-electron chi connectivity index (χ0n) is 10.1. The van der Waals surface area contributed by atoms with Crippen LogP contribution in [0.1, 0.15) is 38.1 Å². The van der Waals surface area contributed by atoms with Crippen LogP contribution < -0.4 is 10.6 Å². The fourth-order valence-corrected chi connectivity index (χ4v) is 2.13. The van der Waals surface area contributed by atoms with E-state index in [4.69, 9.17) is 0 Å². The second-order valence-corrected chi connectivity index (χ2v) is 5.14. The molecular weight excluding hydrogens is 220 g/mol. The third-order valence-electron chi connectivity index (χ3n) is 2.25. The van der Waals surface area contributed by atoms with Crippen molar-refractivity contribution >= 4 is 17.2 Å². The largest absolute Gasteiger partial charge is 0.349 e. The molecule has 1 rings (SSSR count). The lowest BCUT2D eigenvalue weighted by Crippen LogP contribution is -2.31. The molecule has 1 aromatic rings. The van der Waals surface area contributed by atoms with Crippen LogP contribution in [-0.4, -0.2) is 18.5 Å². The van der Waals surface area contributed by atoms with Crippen LogP contribution in [0, 0.1) is 0 Å². The van der Waals surface area contributed by atoms with Crippen molar-refractivity contribution in [3.8, 4) is 0 Å². The van der Waals surface area contributed by atoms with Crippen molar-refractivity contribution in [1.29, 1.82) is 0 Å². The van der Waals surface area contributed by atoms with Crippen LogP contribution in [0.15, 0.2) is 17.5 Å². The summed E-state index contributed by atoms with van der Waals surface area (Å²) in [5.41, 5.74) is 0. The Bertz CT molecular complexity index is 309. The zero-order chi connectivity index (χ0) is 12.0. The molecule has 1 atom stereocenters. The molecule has 3 nitrogen and oxygen atoms in total. The minimum absolute atomic E-state index is 0.106. The van der Waals surface area contributed by atoms with Gasteiger partial charge in [-0.1, -0.05) is 19.9 Å². The quantitative estimate of drug-likeness (QED) is 0.801. The number of carbonyl (C=O) groups excluding carboxylic acids is 1. The molecule has 1 aromatic heterocycles. The Kier molecular flexibility index (Phi) is 5.49. The summed E-state index contributed by atoms with van der Waals surface area (Å²) in [6, 6.07) is 4.60. The van der Waals surface area contributed by atoms with Gasteiger partial charge in [0.2, 0.25) is 5.91 Å². The summed E-state index contributed by atoms with van der Waals surface area (Å²) in [5, 5.41) is 8.24. The van der Waals surface area contributed by atoms with E-state index in [0.717, 1.165) is 6.54 Å². The first-order valence-electron chi connectivity index (χ1n) is 5.65. The van der Waals surface area contributed by atoms with Gasteiger partial charge in [0.05, 0.1) is 6.04 Å². The van der Waals surface area contributed by atoms with E-state index in [9.17, 15) is 4.79 Å². The summed E-state index contributed by atoms with van der Waals surface area (Å²) in [7, 11) is 0. The van der Waals surface area contributed by atoms with Crippen LogP contribution >= 0.6 is 11.3 Å². The molecule has 0 aliphatic heterocycles.